The van der Waals surface area contributed by atoms with Crippen LogP contribution in [-0.2, 0) is 22.6 Å². The van der Waals surface area contributed by atoms with E-state index in [1.165, 1.54) is 11.8 Å². The molecule has 0 radical (unpaired) electrons. The highest BCUT2D eigenvalue weighted by Gasteiger charge is 2.25. The number of amides is 1. The van der Waals surface area contributed by atoms with E-state index in [1.54, 1.807) is 6.07 Å². The van der Waals surface area contributed by atoms with Crippen LogP contribution in [0.5, 0.6) is 0 Å². The van der Waals surface area contributed by atoms with E-state index >= 15 is 0 Å². The van der Waals surface area contributed by atoms with Crippen LogP contribution in [0.1, 0.15) is 49.2 Å². The second kappa shape index (κ2) is 5.85. The van der Waals surface area contributed by atoms with Gasteiger partial charge in [0.05, 0.1) is 13.2 Å². The molecule has 0 bridgehead atoms. The molecule has 1 amide bonds. The Morgan fingerprint density at radius 2 is 1.95 bits per heavy atom. The molecule has 0 saturated heterocycles. The first-order valence-corrected chi connectivity index (χ1v) is 6.95. The minimum Gasteiger partial charge on any atom is -0.444 e. The van der Waals surface area contributed by atoms with Crippen LogP contribution in [0.25, 0.3) is 0 Å². The summed E-state index contributed by atoms with van der Waals surface area (Å²) < 4.78 is 10.9. The Morgan fingerprint density at radius 3 is 2.57 bits per heavy atom. The summed E-state index contributed by atoms with van der Waals surface area (Å²) in [5.74, 6) is 0.0195. The van der Waals surface area contributed by atoms with Crippen LogP contribution in [0.3, 0.4) is 0 Å². The summed E-state index contributed by atoms with van der Waals surface area (Å²) in [5.41, 5.74) is 2.03. The van der Waals surface area contributed by atoms with Gasteiger partial charge in [-0.25, -0.2) is 4.79 Å². The number of carbonyl (C=O) groups excluding carboxylic acids is 2. The third kappa shape index (κ3) is 4.04. The predicted molar refractivity (Wildman–Crippen MR) is 77.9 cm³/mol. The van der Waals surface area contributed by atoms with Gasteiger partial charge >= 0.3 is 6.09 Å². The van der Waals surface area contributed by atoms with Gasteiger partial charge in [-0.2, -0.15) is 0 Å². The average molecular weight is 291 g/mol. The molecule has 0 fully saturated rings. The maximum Gasteiger partial charge on any atom is 0.412 e. The summed E-state index contributed by atoms with van der Waals surface area (Å²) in [4.78, 5) is 25.1. The summed E-state index contributed by atoms with van der Waals surface area (Å²) in [5, 5.41) is 0. The topological polar surface area (TPSA) is 55.8 Å². The van der Waals surface area contributed by atoms with Crippen molar-refractivity contribution in [1.82, 2.24) is 4.90 Å². The third-order valence-electron chi connectivity index (χ3n) is 3.13. The van der Waals surface area contributed by atoms with Crippen molar-refractivity contribution in [1.29, 1.82) is 0 Å². The Balaban J connectivity index is 2.18. The van der Waals surface area contributed by atoms with Crippen molar-refractivity contribution in [2.24, 2.45) is 0 Å². The van der Waals surface area contributed by atoms with Gasteiger partial charge in [0, 0.05) is 5.56 Å². The molecule has 5 heteroatoms. The molecule has 1 aromatic carbocycles. The monoisotopic (exact) mass is 291 g/mol. The molecule has 0 N–H and O–H groups in total. The molecular formula is C16H21NO4. The third-order valence-corrected chi connectivity index (χ3v) is 3.13. The van der Waals surface area contributed by atoms with Gasteiger partial charge in [0.2, 0.25) is 0 Å². The lowest BCUT2D eigenvalue weighted by Gasteiger charge is -2.26. The Bertz CT molecular complexity index is 560. The summed E-state index contributed by atoms with van der Waals surface area (Å²) in [7, 11) is 0. The van der Waals surface area contributed by atoms with E-state index in [9.17, 15) is 9.59 Å². The Labute approximate surface area is 124 Å². The van der Waals surface area contributed by atoms with Crippen molar-refractivity contribution >= 4 is 11.9 Å². The summed E-state index contributed by atoms with van der Waals surface area (Å²) in [6.45, 7) is 8.01. The molecule has 1 aliphatic heterocycles. The lowest BCUT2D eigenvalue weighted by Crippen LogP contribution is -2.37. The first kappa shape index (κ1) is 15.5. The minimum atomic E-state index is -0.537. The van der Waals surface area contributed by atoms with Crippen LogP contribution in [0, 0.1) is 0 Å². The Morgan fingerprint density at radius 1 is 1.24 bits per heavy atom. The van der Waals surface area contributed by atoms with Gasteiger partial charge in [-0.3, -0.25) is 9.69 Å². The molecule has 1 heterocycles. The number of Topliss-reactive ketones (excluding diaryl/α,β-unsaturated/α-hetero) is 1. The lowest BCUT2D eigenvalue weighted by atomic mass is 10.0. The fraction of sp³-hybridized carbons (Fsp3) is 0.500. The predicted octanol–water partition coefficient (Wildman–Crippen LogP) is 3.11. The average Bonchev–Trinajstić information content (AvgIpc) is 2.57. The molecule has 2 rings (SSSR count). The van der Waals surface area contributed by atoms with Gasteiger partial charge in [0.25, 0.3) is 0 Å². The van der Waals surface area contributed by atoms with Gasteiger partial charge in [-0.1, -0.05) is 12.1 Å². The Hall–Kier alpha value is -1.88. The number of rotatable bonds is 1. The van der Waals surface area contributed by atoms with Gasteiger partial charge in [-0.15, -0.1) is 0 Å². The molecule has 114 valence electrons. The van der Waals surface area contributed by atoms with E-state index < -0.39 is 11.7 Å². The highest BCUT2D eigenvalue weighted by molar-refractivity contribution is 5.94. The zero-order chi connectivity index (χ0) is 15.6. The van der Waals surface area contributed by atoms with E-state index in [0.29, 0.717) is 18.7 Å². The molecule has 1 aromatic rings. The molecule has 0 unspecified atom stereocenters. The van der Waals surface area contributed by atoms with Crippen LogP contribution in [0.4, 0.5) is 4.79 Å². The second-order valence-corrected chi connectivity index (χ2v) is 6.20. The molecule has 0 aliphatic carbocycles. The first-order valence-electron chi connectivity index (χ1n) is 6.95. The highest BCUT2D eigenvalue weighted by atomic mass is 16.6. The zero-order valence-electron chi connectivity index (χ0n) is 12.9. The van der Waals surface area contributed by atoms with E-state index in [0.717, 1.165) is 11.1 Å². The number of ether oxygens (including phenoxy) is 2. The summed E-state index contributed by atoms with van der Waals surface area (Å²) >= 11 is 0. The maximum atomic E-state index is 12.1. The molecule has 21 heavy (non-hydrogen) atoms. The van der Waals surface area contributed by atoms with Crippen molar-refractivity contribution in [3.05, 3.63) is 34.9 Å². The minimum absolute atomic E-state index is 0.0195. The molecule has 5 nitrogen and oxygen atoms in total. The fourth-order valence-electron chi connectivity index (χ4n) is 2.09. The van der Waals surface area contributed by atoms with Crippen LogP contribution in [-0.4, -0.2) is 29.1 Å². The number of carbonyl (C=O) groups is 2. The van der Waals surface area contributed by atoms with Crippen molar-refractivity contribution < 1.29 is 19.1 Å². The van der Waals surface area contributed by atoms with E-state index in [2.05, 4.69) is 0 Å². The van der Waals surface area contributed by atoms with Gasteiger partial charge in [0.1, 0.15) is 12.3 Å². The van der Waals surface area contributed by atoms with Crippen LogP contribution in [0.2, 0.25) is 0 Å². The molecular weight excluding hydrogens is 270 g/mol. The lowest BCUT2D eigenvalue weighted by molar-refractivity contribution is -0.0156. The van der Waals surface area contributed by atoms with E-state index in [1.807, 2.05) is 32.9 Å². The molecule has 1 aliphatic rings. The fourth-order valence-corrected chi connectivity index (χ4v) is 2.09. The zero-order valence-corrected chi connectivity index (χ0v) is 12.9. The van der Waals surface area contributed by atoms with Crippen molar-refractivity contribution in [3.63, 3.8) is 0 Å². The largest absolute Gasteiger partial charge is 0.444 e. The summed E-state index contributed by atoms with van der Waals surface area (Å²) in [6, 6.07) is 5.48. The number of hydrogen-bond donors (Lipinski definition) is 0. The van der Waals surface area contributed by atoms with Gasteiger partial charge < -0.3 is 9.47 Å². The molecule has 0 saturated carbocycles. The standard InChI is InChI=1S/C16H21NO4/c1-11(18)12-5-6-13-8-17(10-20-9-14(13)7-12)15(19)21-16(2,3)4/h5-7H,8-10H2,1-4H3. The quantitative estimate of drug-likeness (QED) is 0.746. The van der Waals surface area contributed by atoms with E-state index in [4.69, 9.17) is 9.47 Å². The number of benzene rings is 1. The van der Waals surface area contributed by atoms with Crippen molar-refractivity contribution in [2.45, 2.75) is 46.4 Å². The van der Waals surface area contributed by atoms with Crippen LogP contribution < -0.4 is 0 Å². The van der Waals surface area contributed by atoms with Gasteiger partial charge in [-0.05, 0) is 44.9 Å². The van der Waals surface area contributed by atoms with Crippen LogP contribution in [0.15, 0.2) is 18.2 Å². The maximum absolute atomic E-state index is 12.1. The Kier molecular flexibility index (Phi) is 4.32. The smallest absolute Gasteiger partial charge is 0.412 e. The van der Waals surface area contributed by atoms with Crippen molar-refractivity contribution in [2.75, 3.05) is 6.73 Å². The normalized spacial score (nSPS) is 15.1. The molecule has 0 aromatic heterocycles. The SMILES string of the molecule is CC(=O)c1ccc2c(c1)COCN(C(=O)OC(C)(C)C)C2. The molecule has 0 spiro atoms. The number of fused-ring (bicyclic) bond motifs is 1. The van der Waals surface area contributed by atoms with Crippen molar-refractivity contribution in [3.8, 4) is 0 Å². The second-order valence-electron chi connectivity index (χ2n) is 6.20. The number of hydrogen-bond acceptors (Lipinski definition) is 4. The highest BCUT2D eigenvalue weighted by Crippen LogP contribution is 2.21. The number of ketones is 1. The number of nitrogens with zero attached hydrogens (tertiary/aromatic N) is 1. The van der Waals surface area contributed by atoms with Crippen LogP contribution >= 0.6 is 0 Å². The molecule has 0 atom stereocenters. The first-order chi connectivity index (χ1) is 9.76. The van der Waals surface area contributed by atoms with Gasteiger partial charge in [0.15, 0.2) is 5.78 Å². The summed E-state index contributed by atoms with van der Waals surface area (Å²) in [6.07, 6.45) is -0.397. The van der Waals surface area contributed by atoms with E-state index in [-0.39, 0.29) is 12.5 Å².